The molecular weight excluding hydrogens is 509 g/mol. The van der Waals surface area contributed by atoms with Crippen molar-refractivity contribution in [2.45, 2.75) is 31.8 Å². The van der Waals surface area contributed by atoms with Gasteiger partial charge >= 0.3 is 0 Å². The van der Waals surface area contributed by atoms with Gasteiger partial charge in [-0.25, -0.2) is 4.39 Å². The van der Waals surface area contributed by atoms with Crippen LogP contribution in [0.15, 0.2) is 115 Å². The Morgan fingerprint density at radius 1 is 0.756 bits per heavy atom. The van der Waals surface area contributed by atoms with Crippen LogP contribution in [-0.2, 0) is 11.3 Å². The summed E-state index contributed by atoms with van der Waals surface area (Å²) in [5.74, 6) is -0.390. The maximum absolute atomic E-state index is 14.4. The molecule has 0 radical (unpaired) electrons. The summed E-state index contributed by atoms with van der Waals surface area (Å²) in [6, 6.07) is 36.4. The fourth-order valence-corrected chi connectivity index (χ4v) is 6.36. The number of amides is 1. The zero-order valence-electron chi connectivity index (χ0n) is 23.5. The molecule has 1 aromatic heterocycles. The first-order valence-electron chi connectivity index (χ1n) is 14.6. The van der Waals surface area contributed by atoms with Gasteiger partial charge in [0.1, 0.15) is 5.82 Å². The third kappa shape index (κ3) is 5.68. The molecule has 0 aliphatic carbocycles. The Morgan fingerprint density at radius 3 is 2.00 bits per heavy atom. The van der Waals surface area contributed by atoms with Gasteiger partial charge in [0, 0.05) is 62.2 Å². The van der Waals surface area contributed by atoms with Crippen molar-refractivity contribution in [2.24, 2.45) is 0 Å². The second-order valence-corrected chi connectivity index (χ2v) is 10.8. The van der Waals surface area contributed by atoms with Gasteiger partial charge in [-0.3, -0.25) is 9.69 Å². The lowest BCUT2D eigenvalue weighted by Gasteiger charge is -2.40. The Hall–Kier alpha value is -4.22. The molecule has 5 heteroatoms. The van der Waals surface area contributed by atoms with E-state index >= 15 is 0 Å². The minimum Gasteiger partial charge on any atom is -0.347 e. The van der Waals surface area contributed by atoms with Gasteiger partial charge < -0.3 is 9.47 Å². The van der Waals surface area contributed by atoms with Crippen LogP contribution in [0, 0.1) is 5.82 Å². The van der Waals surface area contributed by atoms with Gasteiger partial charge in [-0.2, -0.15) is 0 Å². The minimum absolute atomic E-state index is 0.114. The van der Waals surface area contributed by atoms with Crippen molar-refractivity contribution >= 4 is 16.8 Å². The third-order valence-corrected chi connectivity index (χ3v) is 8.43. The number of carbonyl (C=O) groups is 1. The average Bonchev–Trinajstić information content (AvgIpc) is 3.40. The second-order valence-electron chi connectivity index (χ2n) is 10.8. The fourth-order valence-electron chi connectivity index (χ4n) is 6.36. The summed E-state index contributed by atoms with van der Waals surface area (Å²) < 4.78 is 16.6. The molecule has 1 fully saturated rings. The Kier molecular flexibility index (Phi) is 7.97. The summed E-state index contributed by atoms with van der Waals surface area (Å²) in [6.45, 7) is 5.87. The molecule has 1 unspecified atom stereocenters. The lowest BCUT2D eigenvalue weighted by Crippen LogP contribution is -2.50. The normalized spacial score (nSPS) is 15.0. The second kappa shape index (κ2) is 12.1. The van der Waals surface area contributed by atoms with Gasteiger partial charge in [-0.05, 0) is 47.4 Å². The molecule has 4 aromatic carbocycles. The van der Waals surface area contributed by atoms with Gasteiger partial charge in [-0.15, -0.1) is 0 Å². The molecular formula is C36H36FN3O. The van der Waals surface area contributed by atoms with Crippen molar-refractivity contribution in [3.63, 3.8) is 0 Å². The van der Waals surface area contributed by atoms with Crippen LogP contribution in [0.5, 0.6) is 0 Å². The number of hydrogen-bond donors (Lipinski definition) is 0. The first kappa shape index (κ1) is 27.0. The molecule has 1 amide bonds. The SMILES string of the molecule is CCn1cc(C(CC(=O)N2CCN(C(c3ccccc3)c3ccccc3)CC2)c2cccc(F)c2)c2ccccc21. The number of halogens is 1. The molecule has 1 atom stereocenters. The number of benzene rings is 4. The summed E-state index contributed by atoms with van der Waals surface area (Å²) in [5.41, 5.74) is 5.58. The first-order valence-corrected chi connectivity index (χ1v) is 14.6. The molecule has 1 aliphatic heterocycles. The van der Waals surface area contributed by atoms with E-state index in [1.165, 1.54) is 17.2 Å². The van der Waals surface area contributed by atoms with Gasteiger partial charge in [-0.1, -0.05) is 91.0 Å². The third-order valence-electron chi connectivity index (χ3n) is 8.43. The van der Waals surface area contributed by atoms with E-state index in [0.29, 0.717) is 19.5 Å². The van der Waals surface area contributed by atoms with Crippen LogP contribution in [0.3, 0.4) is 0 Å². The van der Waals surface area contributed by atoms with Crippen LogP contribution in [0.2, 0.25) is 0 Å². The molecule has 0 N–H and O–H groups in total. The van der Waals surface area contributed by atoms with E-state index in [2.05, 4.69) is 95.4 Å². The van der Waals surface area contributed by atoms with E-state index in [-0.39, 0.29) is 23.7 Å². The Balaban J connectivity index is 1.24. The molecule has 6 rings (SSSR count). The standard InChI is InChI=1S/C36H36FN3O/c1-2-38-26-33(31-18-9-10-19-34(31)38)32(29-16-11-17-30(37)24-29)25-35(41)39-20-22-40(23-21-39)36(27-12-5-3-6-13-27)28-14-7-4-8-15-28/h3-19,24,26,32,36H,2,20-23,25H2,1H3. The summed E-state index contributed by atoms with van der Waals surface area (Å²) in [7, 11) is 0. The number of fused-ring (bicyclic) bond motifs is 1. The lowest BCUT2D eigenvalue weighted by atomic mass is 9.87. The highest BCUT2D eigenvalue weighted by Crippen LogP contribution is 2.36. The predicted molar refractivity (Wildman–Crippen MR) is 163 cm³/mol. The Morgan fingerprint density at radius 2 is 1.37 bits per heavy atom. The topological polar surface area (TPSA) is 28.5 Å². The van der Waals surface area contributed by atoms with E-state index in [1.807, 2.05) is 23.1 Å². The summed E-state index contributed by atoms with van der Waals surface area (Å²) in [6.07, 6.45) is 2.46. The number of aryl methyl sites for hydroxylation is 1. The number of para-hydroxylation sites is 1. The maximum atomic E-state index is 14.4. The van der Waals surface area contributed by atoms with Crippen LogP contribution in [0.4, 0.5) is 4.39 Å². The fraction of sp³-hybridized carbons (Fsp3) is 0.250. The molecule has 0 saturated carbocycles. The minimum atomic E-state index is -0.277. The van der Waals surface area contributed by atoms with Crippen molar-refractivity contribution in [1.82, 2.24) is 14.4 Å². The van der Waals surface area contributed by atoms with E-state index in [9.17, 15) is 9.18 Å². The number of piperazine rings is 1. The smallest absolute Gasteiger partial charge is 0.223 e. The Labute approximate surface area is 241 Å². The monoisotopic (exact) mass is 545 g/mol. The molecule has 5 aromatic rings. The molecule has 0 spiro atoms. The highest BCUT2D eigenvalue weighted by atomic mass is 19.1. The van der Waals surface area contributed by atoms with Crippen molar-refractivity contribution in [1.29, 1.82) is 0 Å². The van der Waals surface area contributed by atoms with Gasteiger partial charge in [0.15, 0.2) is 0 Å². The van der Waals surface area contributed by atoms with Crippen LogP contribution in [0.1, 0.15) is 47.6 Å². The van der Waals surface area contributed by atoms with Crippen molar-refractivity contribution in [3.05, 3.63) is 143 Å². The quantitative estimate of drug-likeness (QED) is 0.205. The number of hydrogen-bond acceptors (Lipinski definition) is 2. The zero-order chi connectivity index (χ0) is 28.2. The molecule has 1 aliphatic rings. The van der Waals surface area contributed by atoms with Crippen molar-refractivity contribution < 1.29 is 9.18 Å². The number of aromatic nitrogens is 1. The molecule has 41 heavy (non-hydrogen) atoms. The highest BCUT2D eigenvalue weighted by Gasteiger charge is 2.30. The van der Waals surface area contributed by atoms with Crippen molar-refractivity contribution in [2.75, 3.05) is 26.2 Å². The largest absolute Gasteiger partial charge is 0.347 e. The average molecular weight is 546 g/mol. The number of rotatable bonds is 8. The molecule has 208 valence electrons. The van der Waals surface area contributed by atoms with E-state index < -0.39 is 0 Å². The van der Waals surface area contributed by atoms with E-state index in [0.717, 1.165) is 41.7 Å². The lowest BCUT2D eigenvalue weighted by molar-refractivity contribution is -0.133. The maximum Gasteiger partial charge on any atom is 0.223 e. The van der Waals surface area contributed by atoms with E-state index in [4.69, 9.17) is 0 Å². The van der Waals surface area contributed by atoms with E-state index in [1.54, 1.807) is 12.1 Å². The summed E-state index contributed by atoms with van der Waals surface area (Å²) >= 11 is 0. The van der Waals surface area contributed by atoms with Crippen LogP contribution >= 0.6 is 0 Å². The number of nitrogens with zero attached hydrogens (tertiary/aromatic N) is 3. The van der Waals surface area contributed by atoms with Gasteiger partial charge in [0.25, 0.3) is 0 Å². The Bertz CT molecular complexity index is 1570. The summed E-state index contributed by atoms with van der Waals surface area (Å²) in [5, 5.41) is 1.12. The van der Waals surface area contributed by atoms with Crippen LogP contribution in [0.25, 0.3) is 10.9 Å². The zero-order valence-corrected chi connectivity index (χ0v) is 23.5. The number of carbonyl (C=O) groups excluding carboxylic acids is 1. The molecule has 1 saturated heterocycles. The van der Waals surface area contributed by atoms with Crippen LogP contribution < -0.4 is 0 Å². The highest BCUT2D eigenvalue weighted by molar-refractivity contribution is 5.86. The molecule has 2 heterocycles. The predicted octanol–water partition coefficient (Wildman–Crippen LogP) is 7.26. The van der Waals surface area contributed by atoms with Gasteiger partial charge in [0.2, 0.25) is 5.91 Å². The molecule has 0 bridgehead atoms. The van der Waals surface area contributed by atoms with Crippen LogP contribution in [-0.4, -0.2) is 46.5 Å². The first-order chi connectivity index (χ1) is 20.1. The van der Waals surface area contributed by atoms with Gasteiger partial charge in [0.05, 0.1) is 6.04 Å². The molecule has 4 nitrogen and oxygen atoms in total. The van der Waals surface area contributed by atoms with Crippen molar-refractivity contribution in [3.8, 4) is 0 Å². The summed E-state index contributed by atoms with van der Waals surface area (Å²) in [4.78, 5) is 18.4.